The van der Waals surface area contributed by atoms with Crippen LogP contribution in [-0.4, -0.2) is 76.6 Å². The monoisotopic (exact) mass is 401 g/mol. The van der Waals surface area contributed by atoms with Gasteiger partial charge in [-0.15, -0.1) is 12.4 Å². The molecule has 2 heterocycles. The number of para-hydroxylation sites is 1. The van der Waals surface area contributed by atoms with E-state index in [2.05, 4.69) is 34.3 Å². The summed E-state index contributed by atoms with van der Waals surface area (Å²) in [6, 6.07) is 5.97. The van der Waals surface area contributed by atoms with E-state index >= 15 is 0 Å². The SMILES string of the molecule is Cc1c(C)n(CC(O)CN2CCN(CCO)CC2)c2c(Cl)cccc12.Cl. The molecular weight excluding hydrogens is 373 g/mol. The maximum Gasteiger partial charge on any atom is 0.0845 e. The Morgan fingerprint density at radius 2 is 1.73 bits per heavy atom. The average molecular weight is 402 g/mol. The third-order valence-electron chi connectivity index (χ3n) is 5.35. The van der Waals surface area contributed by atoms with E-state index in [0.717, 1.165) is 54.3 Å². The summed E-state index contributed by atoms with van der Waals surface area (Å²) in [7, 11) is 0. The molecule has 1 aromatic carbocycles. The number of halogens is 2. The van der Waals surface area contributed by atoms with Crippen molar-refractivity contribution in [3.63, 3.8) is 0 Å². The normalized spacial score (nSPS) is 17.4. The highest BCUT2D eigenvalue weighted by Crippen LogP contribution is 2.30. The van der Waals surface area contributed by atoms with Crippen LogP contribution in [0.2, 0.25) is 5.02 Å². The second kappa shape index (κ2) is 9.40. The first-order valence-corrected chi connectivity index (χ1v) is 9.36. The lowest BCUT2D eigenvalue weighted by Crippen LogP contribution is -2.49. The number of aliphatic hydroxyl groups is 2. The third-order valence-corrected chi connectivity index (χ3v) is 5.66. The zero-order valence-corrected chi connectivity index (χ0v) is 17.1. The number of benzene rings is 1. The summed E-state index contributed by atoms with van der Waals surface area (Å²) in [5.74, 6) is 0. The van der Waals surface area contributed by atoms with Gasteiger partial charge in [-0.1, -0.05) is 23.7 Å². The van der Waals surface area contributed by atoms with Crippen molar-refractivity contribution in [1.29, 1.82) is 0 Å². The number of aliphatic hydroxyl groups excluding tert-OH is 2. The van der Waals surface area contributed by atoms with Gasteiger partial charge in [0.05, 0.1) is 29.8 Å². The molecule has 0 spiro atoms. The van der Waals surface area contributed by atoms with E-state index in [4.69, 9.17) is 16.7 Å². The minimum atomic E-state index is -0.436. The van der Waals surface area contributed by atoms with Crippen molar-refractivity contribution in [1.82, 2.24) is 14.4 Å². The molecular formula is C19H29Cl2N3O2. The van der Waals surface area contributed by atoms with Gasteiger partial charge in [0, 0.05) is 50.3 Å². The Morgan fingerprint density at radius 1 is 1.08 bits per heavy atom. The number of aromatic nitrogens is 1. The number of hydrogen-bond acceptors (Lipinski definition) is 4. The average Bonchev–Trinajstić information content (AvgIpc) is 2.83. The van der Waals surface area contributed by atoms with Gasteiger partial charge in [0.2, 0.25) is 0 Å². The summed E-state index contributed by atoms with van der Waals surface area (Å²) in [5, 5.41) is 21.6. The highest BCUT2D eigenvalue weighted by Gasteiger charge is 2.21. The smallest absolute Gasteiger partial charge is 0.0845 e. The number of rotatable bonds is 6. The van der Waals surface area contributed by atoms with E-state index in [0.29, 0.717) is 13.1 Å². The fourth-order valence-corrected chi connectivity index (χ4v) is 4.07. The summed E-state index contributed by atoms with van der Waals surface area (Å²) in [6.45, 7) is 10.1. The van der Waals surface area contributed by atoms with E-state index in [1.807, 2.05) is 12.1 Å². The first-order valence-electron chi connectivity index (χ1n) is 8.98. The molecule has 146 valence electrons. The zero-order chi connectivity index (χ0) is 18.0. The van der Waals surface area contributed by atoms with Gasteiger partial charge in [0.15, 0.2) is 0 Å². The molecule has 1 aliphatic heterocycles. The molecule has 0 radical (unpaired) electrons. The molecule has 2 N–H and O–H groups in total. The van der Waals surface area contributed by atoms with E-state index < -0.39 is 6.10 Å². The van der Waals surface area contributed by atoms with E-state index in [1.165, 1.54) is 5.56 Å². The minimum Gasteiger partial charge on any atom is -0.395 e. The van der Waals surface area contributed by atoms with Crippen LogP contribution in [0.3, 0.4) is 0 Å². The Balaban J connectivity index is 0.00000243. The van der Waals surface area contributed by atoms with Crippen LogP contribution in [0, 0.1) is 13.8 Å². The van der Waals surface area contributed by atoms with Crippen LogP contribution in [-0.2, 0) is 6.54 Å². The predicted octanol–water partition coefficient (Wildman–Crippen LogP) is 2.30. The molecule has 2 aromatic rings. The van der Waals surface area contributed by atoms with E-state index in [1.54, 1.807) is 0 Å². The van der Waals surface area contributed by atoms with Crippen LogP contribution < -0.4 is 0 Å². The van der Waals surface area contributed by atoms with Crippen molar-refractivity contribution in [3.8, 4) is 0 Å². The summed E-state index contributed by atoms with van der Waals surface area (Å²) in [6.07, 6.45) is -0.436. The van der Waals surface area contributed by atoms with Gasteiger partial charge in [0.25, 0.3) is 0 Å². The topological polar surface area (TPSA) is 51.9 Å². The Kier molecular flexibility index (Phi) is 7.76. The van der Waals surface area contributed by atoms with E-state index in [9.17, 15) is 5.11 Å². The van der Waals surface area contributed by atoms with Gasteiger partial charge in [-0.2, -0.15) is 0 Å². The summed E-state index contributed by atoms with van der Waals surface area (Å²) in [4.78, 5) is 4.56. The van der Waals surface area contributed by atoms with Crippen molar-refractivity contribution in [2.45, 2.75) is 26.5 Å². The molecule has 5 nitrogen and oxygen atoms in total. The van der Waals surface area contributed by atoms with Crippen molar-refractivity contribution in [2.75, 3.05) is 45.9 Å². The molecule has 7 heteroatoms. The first-order chi connectivity index (χ1) is 12.0. The fourth-order valence-electron chi connectivity index (χ4n) is 3.79. The molecule has 0 bridgehead atoms. The lowest BCUT2D eigenvalue weighted by Gasteiger charge is -2.35. The lowest BCUT2D eigenvalue weighted by molar-refractivity contribution is 0.0594. The highest BCUT2D eigenvalue weighted by atomic mass is 35.5. The van der Waals surface area contributed by atoms with Gasteiger partial charge in [-0.05, 0) is 25.5 Å². The molecule has 3 rings (SSSR count). The standard InChI is InChI=1S/C19H28ClN3O2.ClH/c1-14-15(2)23(19-17(14)4-3-5-18(19)20)13-16(25)12-22-8-6-21(7-9-22)10-11-24;/h3-5,16,24-25H,6-13H2,1-2H3;1H. The molecule has 1 aromatic heterocycles. The van der Waals surface area contributed by atoms with Crippen LogP contribution in [0.5, 0.6) is 0 Å². The number of nitrogens with zero attached hydrogens (tertiary/aromatic N) is 3. The van der Waals surface area contributed by atoms with Gasteiger partial charge in [0.1, 0.15) is 0 Å². The van der Waals surface area contributed by atoms with Crippen LogP contribution in [0.4, 0.5) is 0 Å². The van der Waals surface area contributed by atoms with Crippen LogP contribution in [0.15, 0.2) is 18.2 Å². The van der Waals surface area contributed by atoms with Crippen LogP contribution in [0.25, 0.3) is 10.9 Å². The lowest BCUT2D eigenvalue weighted by atomic mass is 10.2. The molecule has 1 fully saturated rings. The number of fused-ring (bicyclic) bond motifs is 1. The number of aryl methyl sites for hydroxylation is 1. The van der Waals surface area contributed by atoms with Crippen molar-refractivity contribution in [3.05, 3.63) is 34.5 Å². The Hall–Kier alpha value is -0.820. The molecule has 1 unspecified atom stereocenters. The van der Waals surface area contributed by atoms with Crippen LogP contribution >= 0.6 is 24.0 Å². The molecule has 1 atom stereocenters. The number of hydrogen-bond donors (Lipinski definition) is 2. The zero-order valence-electron chi connectivity index (χ0n) is 15.5. The van der Waals surface area contributed by atoms with Crippen molar-refractivity contribution >= 4 is 34.9 Å². The van der Waals surface area contributed by atoms with Crippen molar-refractivity contribution in [2.24, 2.45) is 0 Å². The highest BCUT2D eigenvalue weighted by molar-refractivity contribution is 6.35. The molecule has 0 aliphatic carbocycles. The summed E-state index contributed by atoms with van der Waals surface area (Å²) < 4.78 is 2.15. The molecule has 0 saturated carbocycles. The number of β-amino-alcohol motifs (C(OH)–C–C–N with tert-alkyl or cyclic N) is 2. The first kappa shape index (κ1) is 21.5. The van der Waals surface area contributed by atoms with Gasteiger partial charge in [-0.3, -0.25) is 9.80 Å². The Bertz CT molecular complexity index is 727. The quantitative estimate of drug-likeness (QED) is 0.779. The van der Waals surface area contributed by atoms with Crippen molar-refractivity contribution < 1.29 is 10.2 Å². The second-order valence-corrected chi connectivity index (χ2v) is 7.38. The molecule has 26 heavy (non-hydrogen) atoms. The van der Waals surface area contributed by atoms with Gasteiger partial charge >= 0.3 is 0 Å². The number of piperazine rings is 1. The molecule has 1 aliphatic rings. The second-order valence-electron chi connectivity index (χ2n) is 6.98. The van der Waals surface area contributed by atoms with E-state index in [-0.39, 0.29) is 19.0 Å². The molecule has 1 saturated heterocycles. The minimum absolute atomic E-state index is 0. The summed E-state index contributed by atoms with van der Waals surface area (Å²) >= 11 is 6.43. The maximum atomic E-state index is 10.6. The largest absolute Gasteiger partial charge is 0.395 e. The maximum absolute atomic E-state index is 10.6. The van der Waals surface area contributed by atoms with Crippen LogP contribution in [0.1, 0.15) is 11.3 Å². The summed E-state index contributed by atoms with van der Waals surface area (Å²) in [5.41, 5.74) is 3.41. The van der Waals surface area contributed by atoms with Gasteiger partial charge < -0.3 is 14.8 Å². The predicted molar refractivity (Wildman–Crippen MR) is 110 cm³/mol. The molecule has 0 amide bonds. The Morgan fingerprint density at radius 3 is 2.38 bits per heavy atom. The third kappa shape index (κ3) is 4.53. The van der Waals surface area contributed by atoms with Gasteiger partial charge in [-0.25, -0.2) is 0 Å². The fraction of sp³-hybridized carbons (Fsp3) is 0.579. The Labute approximate surface area is 166 Å².